The van der Waals surface area contributed by atoms with Crippen LogP contribution in [0.3, 0.4) is 0 Å². The Morgan fingerprint density at radius 1 is 0.338 bits per heavy atom. The van der Waals surface area contributed by atoms with Crippen LogP contribution in [0.15, 0.2) is 243 Å². The Balaban J connectivity index is 0.986. The van der Waals surface area contributed by atoms with Gasteiger partial charge in [0.25, 0.3) is 0 Å². The molecule has 0 aliphatic heterocycles. The average molecular weight is 831 g/mol. The molecule has 0 atom stereocenters. The molecule has 0 bridgehead atoms. The zero-order chi connectivity index (χ0) is 43.5. The highest BCUT2D eigenvalue weighted by Gasteiger charge is 2.46. The van der Waals surface area contributed by atoms with E-state index in [0.29, 0.717) is 0 Å². The lowest BCUT2D eigenvalue weighted by Gasteiger charge is -2.35. The van der Waals surface area contributed by atoms with Crippen LogP contribution in [0.5, 0.6) is 0 Å². The fourth-order valence-electron chi connectivity index (χ4n) is 10.5. The van der Waals surface area contributed by atoms with Gasteiger partial charge in [-0.2, -0.15) is 0 Å². The molecule has 1 heterocycles. The highest BCUT2D eigenvalue weighted by Crippen LogP contribution is 2.57. The Morgan fingerprint density at radius 3 is 1.60 bits per heavy atom. The van der Waals surface area contributed by atoms with Gasteiger partial charge in [-0.15, -0.1) is 0 Å². The van der Waals surface area contributed by atoms with Crippen molar-refractivity contribution in [3.63, 3.8) is 0 Å². The molecule has 0 spiro atoms. The summed E-state index contributed by atoms with van der Waals surface area (Å²) >= 11 is 0. The van der Waals surface area contributed by atoms with Crippen LogP contribution >= 0.6 is 0 Å². The molecule has 10 aromatic carbocycles. The summed E-state index contributed by atoms with van der Waals surface area (Å²) in [6, 6.07) is 89.6. The minimum atomic E-state index is -0.506. The molecule has 0 saturated carbocycles. The Labute approximate surface area is 381 Å². The van der Waals surface area contributed by atoms with E-state index in [-0.39, 0.29) is 0 Å². The summed E-state index contributed by atoms with van der Waals surface area (Å²) in [5.41, 5.74) is 21.3. The maximum atomic E-state index is 2.46. The third-order valence-corrected chi connectivity index (χ3v) is 13.6. The second-order valence-electron chi connectivity index (χ2n) is 17.5. The number of fused-ring (bicyclic) bond motifs is 6. The highest BCUT2D eigenvalue weighted by atomic mass is 15.1. The van der Waals surface area contributed by atoms with Crippen molar-refractivity contribution in [2.75, 3.05) is 4.90 Å². The monoisotopic (exact) mass is 830 g/mol. The van der Waals surface area contributed by atoms with Gasteiger partial charge in [-0.1, -0.05) is 181 Å². The molecular formula is C63H46N2. The lowest BCUT2D eigenvalue weighted by Crippen LogP contribution is -2.29. The molecule has 1 aliphatic carbocycles. The summed E-state index contributed by atoms with van der Waals surface area (Å²) in [7, 11) is 0. The predicted molar refractivity (Wildman–Crippen MR) is 273 cm³/mol. The van der Waals surface area contributed by atoms with Gasteiger partial charge in [-0.3, -0.25) is 0 Å². The first-order valence-electron chi connectivity index (χ1n) is 22.6. The van der Waals surface area contributed by atoms with E-state index < -0.39 is 5.41 Å². The van der Waals surface area contributed by atoms with Crippen LogP contribution in [0.2, 0.25) is 0 Å². The zero-order valence-electron chi connectivity index (χ0n) is 36.5. The molecule has 0 radical (unpaired) electrons. The first-order valence-corrected chi connectivity index (χ1v) is 22.6. The number of hydrogen-bond acceptors (Lipinski definition) is 1. The third kappa shape index (κ3) is 6.32. The summed E-state index contributed by atoms with van der Waals surface area (Å²) in [5.74, 6) is 0. The Kier molecular flexibility index (Phi) is 9.21. The first kappa shape index (κ1) is 38.5. The Morgan fingerprint density at radius 2 is 0.877 bits per heavy atom. The van der Waals surface area contributed by atoms with Crippen molar-refractivity contribution in [3.8, 4) is 39.1 Å². The Hall–Kier alpha value is -8.20. The molecule has 11 aromatic rings. The second-order valence-corrected chi connectivity index (χ2v) is 17.5. The van der Waals surface area contributed by atoms with Crippen molar-refractivity contribution < 1.29 is 0 Å². The summed E-state index contributed by atoms with van der Waals surface area (Å²) in [6.45, 7) is 4.34. The number of benzene rings is 10. The lowest BCUT2D eigenvalue weighted by molar-refractivity contribution is 0.767. The van der Waals surface area contributed by atoms with Gasteiger partial charge in [0, 0.05) is 33.5 Å². The molecule has 1 aliphatic rings. The maximum Gasteiger partial charge on any atom is 0.0714 e. The number of anilines is 3. The van der Waals surface area contributed by atoms with Crippen molar-refractivity contribution in [2.24, 2.45) is 0 Å². The number of rotatable bonds is 8. The van der Waals surface area contributed by atoms with E-state index >= 15 is 0 Å². The fraction of sp³-hybridized carbons (Fsp3) is 0.0476. The number of para-hydroxylation sites is 3. The molecule has 0 saturated heterocycles. The summed E-state index contributed by atoms with van der Waals surface area (Å²) in [6.07, 6.45) is 0. The van der Waals surface area contributed by atoms with E-state index in [2.05, 4.69) is 266 Å². The fourth-order valence-corrected chi connectivity index (χ4v) is 10.5. The lowest BCUT2D eigenvalue weighted by atomic mass is 9.67. The van der Waals surface area contributed by atoms with Crippen LogP contribution in [0.25, 0.3) is 60.9 Å². The van der Waals surface area contributed by atoms with Gasteiger partial charge in [0.2, 0.25) is 0 Å². The van der Waals surface area contributed by atoms with Crippen molar-refractivity contribution in [1.82, 2.24) is 4.57 Å². The molecule has 0 unspecified atom stereocenters. The van der Waals surface area contributed by atoms with Crippen LogP contribution in [-0.4, -0.2) is 4.57 Å². The molecule has 12 rings (SSSR count). The predicted octanol–water partition coefficient (Wildman–Crippen LogP) is 16.6. The molecule has 1 aromatic heterocycles. The van der Waals surface area contributed by atoms with E-state index in [1.54, 1.807) is 0 Å². The first-order chi connectivity index (χ1) is 32.0. The maximum absolute atomic E-state index is 2.46. The number of hydrogen-bond donors (Lipinski definition) is 0. The Bertz CT molecular complexity index is 3500. The van der Waals surface area contributed by atoms with Crippen LogP contribution < -0.4 is 4.90 Å². The molecular weight excluding hydrogens is 785 g/mol. The summed E-state index contributed by atoms with van der Waals surface area (Å²) in [4.78, 5) is 2.42. The standard InChI is InChI=1S/C63H46N2/c1-43-27-32-49(33-28-43)63(50-34-29-44(2)30-35-50)59-25-11-9-23-55(59)56-37-36-54(42-60(56)63)64(51-18-5-3-6-19-51)53-22-14-17-47(40-53)45-15-13-16-46(39-45)48-31-38-62-58(41-48)57-24-10-12-26-61(57)65(62)52-20-7-4-8-21-52/h3-42H,1-2H3. The number of aromatic nitrogens is 1. The minimum Gasteiger partial charge on any atom is -0.310 e. The van der Waals surface area contributed by atoms with Crippen LogP contribution in [0.4, 0.5) is 17.1 Å². The smallest absolute Gasteiger partial charge is 0.0714 e. The summed E-state index contributed by atoms with van der Waals surface area (Å²) in [5, 5.41) is 2.50. The van der Waals surface area contributed by atoms with Gasteiger partial charge in [0.05, 0.1) is 16.4 Å². The molecule has 2 heteroatoms. The van der Waals surface area contributed by atoms with Gasteiger partial charge in [0.15, 0.2) is 0 Å². The highest BCUT2D eigenvalue weighted by molar-refractivity contribution is 6.10. The van der Waals surface area contributed by atoms with Crippen molar-refractivity contribution in [2.45, 2.75) is 19.3 Å². The second kappa shape index (κ2) is 15.6. The zero-order valence-corrected chi connectivity index (χ0v) is 36.5. The van der Waals surface area contributed by atoms with Crippen molar-refractivity contribution >= 4 is 38.9 Å². The van der Waals surface area contributed by atoms with Gasteiger partial charge < -0.3 is 9.47 Å². The van der Waals surface area contributed by atoms with Crippen molar-refractivity contribution in [1.29, 1.82) is 0 Å². The SMILES string of the molecule is Cc1ccc(C2(c3ccc(C)cc3)c3ccccc3-c3ccc(N(c4ccccc4)c4cccc(-c5cccc(-c6ccc7c(c6)c6ccccc6n7-c6ccccc6)c5)c4)cc32)cc1. The average Bonchev–Trinajstić information content (AvgIpc) is 3.85. The van der Waals surface area contributed by atoms with Gasteiger partial charge >= 0.3 is 0 Å². The molecule has 65 heavy (non-hydrogen) atoms. The van der Waals surface area contributed by atoms with Gasteiger partial charge in [-0.25, -0.2) is 0 Å². The van der Waals surface area contributed by atoms with Gasteiger partial charge in [-0.05, 0) is 142 Å². The molecule has 0 N–H and O–H groups in total. The van der Waals surface area contributed by atoms with Crippen molar-refractivity contribution in [3.05, 3.63) is 276 Å². The third-order valence-electron chi connectivity index (χ3n) is 13.6. The van der Waals surface area contributed by atoms with E-state index in [1.807, 2.05) is 0 Å². The number of aryl methyl sites for hydroxylation is 2. The van der Waals surface area contributed by atoms with Crippen LogP contribution in [0, 0.1) is 13.8 Å². The van der Waals surface area contributed by atoms with Crippen LogP contribution in [0.1, 0.15) is 33.4 Å². The van der Waals surface area contributed by atoms with Gasteiger partial charge in [0.1, 0.15) is 0 Å². The molecule has 0 amide bonds. The topological polar surface area (TPSA) is 8.17 Å². The normalized spacial score (nSPS) is 12.6. The van der Waals surface area contributed by atoms with E-state index in [1.165, 1.54) is 88.7 Å². The van der Waals surface area contributed by atoms with E-state index in [9.17, 15) is 0 Å². The van der Waals surface area contributed by atoms with E-state index in [4.69, 9.17) is 0 Å². The quantitative estimate of drug-likeness (QED) is 0.148. The number of nitrogens with zero attached hydrogens (tertiary/aromatic N) is 2. The summed E-state index contributed by atoms with van der Waals surface area (Å²) < 4.78 is 2.37. The molecule has 2 nitrogen and oxygen atoms in total. The molecule has 308 valence electrons. The van der Waals surface area contributed by atoms with E-state index in [0.717, 1.165) is 22.6 Å². The minimum absolute atomic E-state index is 0.506. The largest absolute Gasteiger partial charge is 0.310 e. The molecule has 0 fully saturated rings. The van der Waals surface area contributed by atoms with Crippen LogP contribution in [-0.2, 0) is 5.41 Å².